The van der Waals surface area contributed by atoms with E-state index in [0.717, 1.165) is 11.1 Å². The number of nitrogens with one attached hydrogen (secondary N) is 3. The van der Waals surface area contributed by atoms with E-state index < -0.39 is 36.0 Å². The molecule has 0 aromatic heterocycles. The monoisotopic (exact) mass is 473 g/mol. The van der Waals surface area contributed by atoms with Crippen LogP contribution in [0.25, 0.3) is 0 Å². The Kier molecular flexibility index (Phi) is 12.6. The van der Waals surface area contributed by atoms with Gasteiger partial charge in [-0.25, -0.2) is 4.79 Å². The van der Waals surface area contributed by atoms with Crippen molar-refractivity contribution in [2.75, 3.05) is 0 Å². The average Bonchev–Trinajstić information content (AvgIpc) is 2.76. The van der Waals surface area contributed by atoms with Crippen molar-refractivity contribution in [1.29, 1.82) is 0 Å². The maximum absolute atomic E-state index is 13.1. The van der Waals surface area contributed by atoms with Gasteiger partial charge in [0, 0.05) is 0 Å². The van der Waals surface area contributed by atoms with Crippen LogP contribution >= 0.6 is 0 Å². The Morgan fingerprint density at radius 2 is 1.44 bits per heavy atom. The maximum Gasteiger partial charge on any atom is 0.408 e. The minimum Gasteiger partial charge on any atom is -0.445 e. The second kappa shape index (κ2) is 14.9. The molecule has 8 heteroatoms. The summed E-state index contributed by atoms with van der Waals surface area (Å²) in [7, 11) is 0. The summed E-state index contributed by atoms with van der Waals surface area (Å²) in [6, 6.07) is 6.79. The van der Waals surface area contributed by atoms with E-state index >= 15 is 0 Å². The fourth-order valence-electron chi connectivity index (χ4n) is 3.38. The molecule has 3 atom stereocenters. The molecule has 0 aliphatic heterocycles. The number of ether oxygens (including phenoxy) is 1. The first-order valence-electron chi connectivity index (χ1n) is 11.7. The summed E-state index contributed by atoms with van der Waals surface area (Å²) >= 11 is 0. The number of carbonyl (C=O) groups is 4. The van der Waals surface area contributed by atoms with Gasteiger partial charge >= 0.3 is 6.09 Å². The first kappa shape index (κ1) is 28.9. The summed E-state index contributed by atoms with van der Waals surface area (Å²) in [5.41, 5.74) is 1.59. The third kappa shape index (κ3) is 11.6. The highest BCUT2D eigenvalue weighted by atomic mass is 16.5. The van der Waals surface area contributed by atoms with Crippen molar-refractivity contribution in [3.05, 3.63) is 48.0 Å². The lowest BCUT2D eigenvalue weighted by atomic mass is 9.99. The molecule has 3 N–H and O–H groups in total. The van der Waals surface area contributed by atoms with Crippen LogP contribution in [-0.2, 0) is 25.7 Å². The van der Waals surface area contributed by atoms with Crippen LogP contribution in [0.1, 0.15) is 59.4 Å². The highest BCUT2D eigenvalue weighted by Gasteiger charge is 2.29. The van der Waals surface area contributed by atoms with Crippen molar-refractivity contribution in [2.24, 2.45) is 11.8 Å². The summed E-state index contributed by atoms with van der Waals surface area (Å²) in [4.78, 5) is 49.6. The average molecular weight is 474 g/mol. The topological polar surface area (TPSA) is 114 Å². The smallest absolute Gasteiger partial charge is 0.408 e. The van der Waals surface area contributed by atoms with Crippen LogP contribution in [-0.4, -0.2) is 42.3 Å². The molecule has 1 rings (SSSR count). The summed E-state index contributed by atoms with van der Waals surface area (Å²) in [5.74, 6) is -0.708. The molecule has 0 aliphatic rings. The third-order valence-electron chi connectivity index (χ3n) is 4.93. The van der Waals surface area contributed by atoms with Gasteiger partial charge in [-0.3, -0.25) is 9.59 Å². The Morgan fingerprint density at radius 1 is 0.912 bits per heavy atom. The molecule has 3 amide bonds. The van der Waals surface area contributed by atoms with Crippen LogP contribution in [0.2, 0.25) is 0 Å². The molecule has 0 spiro atoms. The molecule has 0 bridgehead atoms. The summed E-state index contributed by atoms with van der Waals surface area (Å²) in [6.45, 7) is 13.4. The van der Waals surface area contributed by atoms with E-state index in [1.165, 1.54) is 0 Å². The van der Waals surface area contributed by atoms with Crippen LogP contribution in [0, 0.1) is 11.8 Å². The summed E-state index contributed by atoms with van der Waals surface area (Å²) in [5, 5.41) is 8.05. The highest BCUT2D eigenvalue weighted by Crippen LogP contribution is 2.10. The molecule has 0 heterocycles. The number of hydrogen-bond acceptors (Lipinski definition) is 5. The Hall–Kier alpha value is -3.16. The lowest BCUT2D eigenvalue weighted by Gasteiger charge is -2.26. The zero-order valence-electron chi connectivity index (χ0n) is 20.9. The van der Waals surface area contributed by atoms with E-state index in [-0.39, 0.29) is 18.4 Å². The van der Waals surface area contributed by atoms with Crippen LogP contribution in [0.15, 0.2) is 42.5 Å². The molecule has 0 saturated heterocycles. The number of hydrogen-bond donors (Lipinski definition) is 3. The van der Waals surface area contributed by atoms with Gasteiger partial charge in [0.1, 0.15) is 25.0 Å². The fraction of sp³-hybridized carbons (Fsp3) is 0.538. The summed E-state index contributed by atoms with van der Waals surface area (Å²) in [6.07, 6.45) is 1.02. The van der Waals surface area contributed by atoms with Gasteiger partial charge in [-0.05, 0) is 43.6 Å². The highest BCUT2D eigenvalue weighted by molar-refractivity contribution is 5.92. The minimum absolute atomic E-state index is 0.0802. The Labute approximate surface area is 202 Å². The van der Waals surface area contributed by atoms with Crippen LogP contribution in [0.4, 0.5) is 4.79 Å². The lowest BCUT2D eigenvalue weighted by molar-refractivity contribution is -0.131. The minimum atomic E-state index is -0.872. The number of aldehydes is 1. The quantitative estimate of drug-likeness (QED) is 0.283. The molecule has 1 aromatic rings. The number of alkyl carbamates (subject to hydrolysis) is 1. The zero-order chi connectivity index (χ0) is 25.7. The third-order valence-corrected chi connectivity index (χ3v) is 4.93. The number of carbonyl (C=O) groups excluding carboxylic acids is 4. The van der Waals surface area contributed by atoms with Gasteiger partial charge in [-0.1, -0.05) is 63.6 Å². The van der Waals surface area contributed by atoms with Crippen LogP contribution in [0.5, 0.6) is 0 Å². The van der Waals surface area contributed by atoms with E-state index in [0.29, 0.717) is 25.5 Å². The second-order valence-electron chi connectivity index (χ2n) is 9.49. The van der Waals surface area contributed by atoms with Crippen molar-refractivity contribution in [2.45, 2.75) is 78.6 Å². The normalized spacial score (nSPS) is 13.5. The number of amides is 3. The van der Waals surface area contributed by atoms with Gasteiger partial charge in [0.05, 0.1) is 6.04 Å². The molecule has 0 fully saturated rings. The van der Waals surface area contributed by atoms with Crippen molar-refractivity contribution in [3.63, 3.8) is 0 Å². The van der Waals surface area contributed by atoms with Gasteiger partial charge in [0.15, 0.2) is 0 Å². The largest absolute Gasteiger partial charge is 0.445 e. The van der Waals surface area contributed by atoms with Gasteiger partial charge < -0.3 is 25.5 Å². The Morgan fingerprint density at radius 3 is 1.94 bits per heavy atom. The first-order valence-corrected chi connectivity index (χ1v) is 11.7. The maximum atomic E-state index is 13.1. The first-order chi connectivity index (χ1) is 16.0. The fourth-order valence-corrected chi connectivity index (χ4v) is 3.38. The molecule has 34 heavy (non-hydrogen) atoms. The SMILES string of the molecule is C=C(C)C[C@H](C=O)NC(=O)[C@H](CC(C)C)NC(=O)[C@H](CC(C)C)NC(=O)OCc1ccccc1. The molecule has 188 valence electrons. The van der Waals surface area contributed by atoms with Gasteiger partial charge in [0.25, 0.3) is 0 Å². The van der Waals surface area contributed by atoms with E-state index in [4.69, 9.17) is 4.74 Å². The predicted octanol–water partition coefficient (Wildman–Crippen LogP) is 3.51. The predicted molar refractivity (Wildman–Crippen MR) is 132 cm³/mol. The van der Waals surface area contributed by atoms with Gasteiger partial charge in [-0.15, -0.1) is 6.58 Å². The molecule has 0 radical (unpaired) electrons. The van der Waals surface area contributed by atoms with Crippen molar-refractivity contribution in [1.82, 2.24) is 16.0 Å². The number of benzene rings is 1. The molecular weight excluding hydrogens is 434 g/mol. The van der Waals surface area contributed by atoms with Gasteiger partial charge in [-0.2, -0.15) is 0 Å². The Balaban J connectivity index is 2.85. The Bertz CT molecular complexity index is 823. The molecule has 1 aromatic carbocycles. The van der Waals surface area contributed by atoms with E-state index in [2.05, 4.69) is 22.5 Å². The van der Waals surface area contributed by atoms with Crippen molar-refractivity contribution < 1.29 is 23.9 Å². The zero-order valence-corrected chi connectivity index (χ0v) is 20.9. The van der Waals surface area contributed by atoms with E-state index in [1.807, 2.05) is 58.0 Å². The molecule has 8 nitrogen and oxygen atoms in total. The molecule has 0 aliphatic carbocycles. The van der Waals surface area contributed by atoms with Crippen LogP contribution < -0.4 is 16.0 Å². The van der Waals surface area contributed by atoms with E-state index in [9.17, 15) is 19.2 Å². The van der Waals surface area contributed by atoms with Gasteiger partial charge in [0.2, 0.25) is 11.8 Å². The summed E-state index contributed by atoms with van der Waals surface area (Å²) < 4.78 is 5.25. The van der Waals surface area contributed by atoms with E-state index in [1.54, 1.807) is 6.92 Å². The van der Waals surface area contributed by atoms with Crippen molar-refractivity contribution >= 4 is 24.2 Å². The lowest BCUT2D eigenvalue weighted by Crippen LogP contribution is -2.55. The molecular formula is C26H39N3O5. The standard InChI is InChI=1S/C26H39N3O5/c1-17(2)12-21(15-30)27-24(31)22(13-18(3)4)28-25(32)23(14-19(5)6)29-26(33)34-16-20-10-8-7-9-11-20/h7-11,15,18-19,21-23H,1,12-14,16H2,2-6H3,(H,27,31)(H,28,32)(H,29,33)/t21-,22+,23+/m1/s1. The molecule has 0 saturated carbocycles. The second-order valence-corrected chi connectivity index (χ2v) is 9.49. The molecule has 0 unspecified atom stereocenters. The van der Waals surface area contributed by atoms with Crippen molar-refractivity contribution in [3.8, 4) is 0 Å². The van der Waals surface area contributed by atoms with Crippen LogP contribution in [0.3, 0.4) is 0 Å². The number of rotatable bonds is 14.